The lowest BCUT2D eigenvalue weighted by Crippen LogP contribution is -2.31. The van der Waals surface area contributed by atoms with Crippen molar-refractivity contribution in [2.45, 2.75) is 25.7 Å². The average Bonchev–Trinajstić information content (AvgIpc) is 2.92. The fourth-order valence-corrected chi connectivity index (χ4v) is 3.14. The molecule has 3 amide bonds. The SMILES string of the molecule is O=C(Nc1ccc(Cl)cc1)Nc1cccc(C(=O)N2CCCCCC2)c1. The van der Waals surface area contributed by atoms with Crippen molar-refractivity contribution < 1.29 is 9.59 Å². The third-order valence-corrected chi connectivity index (χ3v) is 4.61. The van der Waals surface area contributed by atoms with Crippen LogP contribution in [-0.4, -0.2) is 29.9 Å². The Morgan fingerprint density at radius 2 is 1.50 bits per heavy atom. The van der Waals surface area contributed by atoms with Crippen LogP contribution in [0.4, 0.5) is 16.2 Å². The maximum absolute atomic E-state index is 12.7. The standard InChI is InChI=1S/C20H22ClN3O2/c21-16-8-10-17(11-9-16)22-20(26)23-18-7-5-6-15(14-18)19(25)24-12-3-1-2-4-13-24/h5-11,14H,1-4,12-13H2,(H2,22,23,26). The van der Waals surface area contributed by atoms with Crippen molar-refractivity contribution in [2.75, 3.05) is 23.7 Å². The van der Waals surface area contributed by atoms with Gasteiger partial charge >= 0.3 is 6.03 Å². The lowest BCUT2D eigenvalue weighted by Gasteiger charge is -2.20. The Kier molecular flexibility index (Phi) is 6.12. The molecular formula is C20H22ClN3O2. The zero-order valence-corrected chi connectivity index (χ0v) is 15.3. The maximum Gasteiger partial charge on any atom is 0.323 e. The number of hydrogen-bond acceptors (Lipinski definition) is 2. The van der Waals surface area contributed by atoms with E-state index >= 15 is 0 Å². The summed E-state index contributed by atoms with van der Waals surface area (Å²) in [6.07, 6.45) is 4.45. The first-order chi connectivity index (χ1) is 12.6. The van der Waals surface area contributed by atoms with Gasteiger partial charge in [-0.25, -0.2) is 4.79 Å². The number of hydrogen-bond donors (Lipinski definition) is 2. The Balaban J connectivity index is 1.63. The van der Waals surface area contributed by atoms with Gasteiger partial charge in [0.15, 0.2) is 0 Å². The molecule has 0 aromatic heterocycles. The van der Waals surface area contributed by atoms with Crippen LogP contribution < -0.4 is 10.6 Å². The Hall–Kier alpha value is -2.53. The first-order valence-corrected chi connectivity index (χ1v) is 9.22. The first kappa shape index (κ1) is 18.3. The molecule has 0 unspecified atom stereocenters. The number of rotatable bonds is 3. The molecule has 2 N–H and O–H groups in total. The summed E-state index contributed by atoms with van der Waals surface area (Å²) in [5.74, 6) is 0.0219. The Bertz CT molecular complexity index is 769. The van der Waals surface area contributed by atoms with Gasteiger partial charge in [0.2, 0.25) is 0 Å². The average molecular weight is 372 g/mol. The lowest BCUT2D eigenvalue weighted by molar-refractivity contribution is 0.0761. The minimum absolute atomic E-state index is 0.0219. The number of amides is 3. The van der Waals surface area contributed by atoms with Gasteiger partial charge in [-0.1, -0.05) is 30.5 Å². The van der Waals surface area contributed by atoms with Crippen LogP contribution in [0.15, 0.2) is 48.5 Å². The highest BCUT2D eigenvalue weighted by Crippen LogP contribution is 2.17. The molecule has 26 heavy (non-hydrogen) atoms. The number of likely N-dealkylation sites (tertiary alicyclic amines) is 1. The molecule has 2 aromatic rings. The van der Waals surface area contributed by atoms with E-state index < -0.39 is 0 Å². The molecule has 1 aliphatic heterocycles. The molecule has 1 saturated heterocycles. The maximum atomic E-state index is 12.7. The summed E-state index contributed by atoms with van der Waals surface area (Å²) >= 11 is 5.84. The first-order valence-electron chi connectivity index (χ1n) is 8.85. The van der Waals surface area contributed by atoms with Crippen LogP contribution in [0.1, 0.15) is 36.0 Å². The molecule has 1 heterocycles. The molecule has 1 fully saturated rings. The fraction of sp³-hybridized carbons (Fsp3) is 0.300. The number of anilines is 2. The monoisotopic (exact) mass is 371 g/mol. The Labute approximate surface area is 158 Å². The number of benzene rings is 2. The van der Waals surface area contributed by atoms with Crippen LogP contribution in [0.3, 0.4) is 0 Å². The van der Waals surface area contributed by atoms with Gasteiger partial charge in [0.05, 0.1) is 0 Å². The second-order valence-corrected chi connectivity index (χ2v) is 6.81. The van der Waals surface area contributed by atoms with Gasteiger partial charge < -0.3 is 15.5 Å². The van der Waals surface area contributed by atoms with Crippen LogP contribution in [-0.2, 0) is 0 Å². The largest absolute Gasteiger partial charge is 0.339 e. The summed E-state index contributed by atoms with van der Waals surface area (Å²) in [4.78, 5) is 26.7. The van der Waals surface area contributed by atoms with Gasteiger partial charge in [-0.3, -0.25) is 4.79 Å². The number of nitrogens with zero attached hydrogens (tertiary/aromatic N) is 1. The van der Waals surface area contributed by atoms with Gasteiger partial charge in [0, 0.05) is 35.1 Å². The van der Waals surface area contributed by atoms with E-state index in [-0.39, 0.29) is 11.9 Å². The van der Waals surface area contributed by atoms with Gasteiger partial charge in [-0.15, -0.1) is 0 Å². The second-order valence-electron chi connectivity index (χ2n) is 6.37. The van der Waals surface area contributed by atoms with Crippen molar-refractivity contribution in [2.24, 2.45) is 0 Å². The smallest absolute Gasteiger partial charge is 0.323 e. The van der Waals surface area contributed by atoms with Crippen LogP contribution in [0.25, 0.3) is 0 Å². The normalized spacial score (nSPS) is 14.4. The predicted octanol–water partition coefficient (Wildman–Crippen LogP) is 5.00. The zero-order valence-electron chi connectivity index (χ0n) is 14.5. The van der Waals surface area contributed by atoms with Crippen molar-refractivity contribution in [3.63, 3.8) is 0 Å². The molecule has 1 aliphatic rings. The molecule has 0 spiro atoms. The van der Waals surface area contributed by atoms with Crippen molar-refractivity contribution >= 4 is 34.9 Å². The van der Waals surface area contributed by atoms with Crippen molar-refractivity contribution in [1.29, 1.82) is 0 Å². The summed E-state index contributed by atoms with van der Waals surface area (Å²) in [5.41, 5.74) is 1.82. The van der Waals surface area contributed by atoms with Gasteiger partial charge in [0.25, 0.3) is 5.91 Å². The van der Waals surface area contributed by atoms with E-state index in [2.05, 4.69) is 10.6 Å². The molecule has 6 heteroatoms. The number of urea groups is 1. The van der Waals surface area contributed by atoms with E-state index in [1.165, 1.54) is 12.8 Å². The van der Waals surface area contributed by atoms with Crippen molar-refractivity contribution in [3.05, 3.63) is 59.1 Å². The zero-order chi connectivity index (χ0) is 18.4. The summed E-state index contributed by atoms with van der Waals surface area (Å²) in [6.45, 7) is 1.60. The Morgan fingerprint density at radius 1 is 0.846 bits per heavy atom. The number of halogens is 1. The molecule has 3 rings (SSSR count). The minimum Gasteiger partial charge on any atom is -0.339 e. The molecule has 0 aliphatic carbocycles. The van der Waals surface area contributed by atoms with Gasteiger partial charge in [-0.05, 0) is 55.3 Å². The number of carbonyl (C=O) groups excluding carboxylic acids is 2. The molecule has 136 valence electrons. The van der Waals surface area contributed by atoms with Crippen LogP contribution in [0.2, 0.25) is 5.02 Å². The summed E-state index contributed by atoms with van der Waals surface area (Å²) in [7, 11) is 0. The molecule has 5 nitrogen and oxygen atoms in total. The predicted molar refractivity (Wildman–Crippen MR) is 105 cm³/mol. The minimum atomic E-state index is -0.369. The van der Waals surface area contributed by atoms with Crippen molar-refractivity contribution in [1.82, 2.24) is 4.90 Å². The van der Waals surface area contributed by atoms with E-state index in [0.29, 0.717) is 22.0 Å². The summed E-state index contributed by atoms with van der Waals surface area (Å²) < 4.78 is 0. The number of carbonyl (C=O) groups is 2. The lowest BCUT2D eigenvalue weighted by atomic mass is 10.1. The third kappa shape index (κ3) is 4.99. The molecule has 2 aromatic carbocycles. The quantitative estimate of drug-likeness (QED) is 0.797. The number of nitrogens with one attached hydrogen (secondary N) is 2. The molecular weight excluding hydrogens is 350 g/mol. The summed E-state index contributed by atoms with van der Waals surface area (Å²) in [5, 5.41) is 6.10. The highest BCUT2D eigenvalue weighted by Gasteiger charge is 2.17. The molecule has 0 atom stereocenters. The molecule has 0 bridgehead atoms. The topological polar surface area (TPSA) is 61.4 Å². The van der Waals surface area contributed by atoms with E-state index in [9.17, 15) is 9.59 Å². The Morgan fingerprint density at radius 3 is 2.19 bits per heavy atom. The summed E-state index contributed by atoms with van der Waals surface area (Å²) in [6, 6.07) is 13.5. The van der Waals surface area contributed by atoms with E-state index in [1.54, 1.807) is 48.5 Å². The van der Waals surface area contributed by atoms with Crippen LogP contribution in [0.5, 0.6) is 0 Å². The van der Waals surface area contributed by atoms with E-state index in [1.807, 2.05) is 4.90 Å². The second kappa shape index (κ2) is 8.72. The van der Waals surface area contributed by atoms with Crippen LogP contribution in [0, 0.1) is 0 Å². The van der Waals surface area contributed by atoms with Crippen LogP contribution >= 0.6 is 11.6 Å². The fourth-order valence-electron chi connectivity index (χ4n) is 3.01. The van der Waals surface area contributed by atoms with E-state index in [4.69, 9.17) is 11.6 Å². The highest BCUT2D eigenvalue weighted by molar-refractivity contribution is 6.30. The third-order valence-electron chi connectivity index (χ3n) is 4.36. The van der Waals surface area contributed by atoms with Crippen molar-refractivity contribution in [3.8, 4) is 0 Å². The molecule has 0 radical (unpaired) electrons. The van der Waals surface area contributed by atoms with E-state index in [0.717, 1.165) is 25.9 Å². The molecule has 0 saturated carbocycles. The van der Waals surface area contributed by atoms with Gasteiger partial charge in [0.1, 0.15) is 0 Å². The van der Waals surface area contributed by atoms with Gasteiger partial charge in [-0.2, -0.15) is 0 Å². The highest BCUT2D eigenvalue weighted by atomic mass is 35.5.